The zero-order chi connectivity index (χ0) is 14.1. The molecule has 3 aromatic rings. The summed E-state index contributed by atoms with van der Waals surface area (Å²) in [6, 6.07) is 15.7. The molecule has 0 fully saturated rings. The number of rotatable bonds is 2. The predicted molar refractivity (Wildman–Crippen MR) is 79.8 cm³/mol. The molecule has 0 atom stereocenters. The van der Waals surface area contributed by atoms with Crippen molar-refractivity contribution in [1.29, 1.82) is 0 Å². The molecule has 0 aliphatic rings. The van der Waals surface area contributed by atoms with Crippen LogP contribution in [0.25, 0.3) is 10.8 Å². The van der Waals surface area contributed by atoms with Crippen molar-refractivity contribution in [2.24, 2.45) is 7.05 Å². The fourth-order valence-electron chi connectivity index (χ4n) is 2.13. The predicted octanol–water partition coefficient (Wildman–Crippen LogP) is 3.13. The highest BCUT2D eigenvalue weighted by atomic mass is 16.1. The third-order valence-corrected chi connectivity index (χ3v) is 3.35. The highest BCUT2D eigenvalue weighted by Gasteiger charge is 2.11. The van der Waals surface area contributed by atoms with Crippen LogP contribution in [0.5, 0.6) is 0 Å². The van der Waals surface area contributed by atoms with Gasteiger partial charge in [0.05, 0.1) is 0 Å². The van der Waals surface area contributed by atoms with Crippen LogP contribution in [0.2, 0.25) is 0 Å². The first kappa shape index (κ1) is 12.4. The number of fused-ring (bicyclic) bond motifs is 1. The molecule has 4 heteroatoms. The average molecular weight is 265 g/mol. The summed E-state index contributed by atoms with van der Waals surface area (Å²) in [5, 5.41) is 9.30. The second-order valence-electron chi connectivity index (χ2n) is 4.81. The highest BCUT2D eigenvalue weighted by Crippen LogP contribution is 2.19. The number of benzene rings is 2. The summed E-state index contributed by atoms with van der Waals surface area (Å²) in [5.41, 5.74) is 2.16. The summed E-state index contributed by atoms with van der Waals surface area (Å²) in [5.74, 6) is -0.191. The fraction of sp³-hybridized carbons (Fsp3) is 0.125. The number of aryl methyl sites for hydroxylation is 2. The molecule has 0 spiro atoms. The summed E-state index contributed by atoms with van der Waals surface area (Å²) in [6.45, 7) is 1.92. The van der Waals surface area contributed by atoms with Crippen molar-refractivity contribution in [3.05, 3.63) is 59.9 Å². The van der Waals surface area contributed by atoms with Crippen molar-refractivity contribution < 1.29 is 4.79 Å². The average Bonchev–Trinajstić information content (AvgIpc) is 2.79. The molecule has 4 nitrogen and oxygen atoms in total. The molecule has 0 aliphatic heterocycles. The molecule has 0 aliphatic carbocycles. The molecule has 3 rings (SSSR count). The molecule has 100 valence electrons. The molecule has 0 unspecified atom stereocenters. The van der Waals surface area contributed by atoms with E-state index in [1.165, 1.54) is 0 Å². The minimum atomic E-state index is -0.191. The minimum absolute atomic E-state index is 0.191. The lowest BCUT2D eigenvalue weighted by molar-refractivity contribution is 0.102. The van der Waals surface area contributed by atoms with Gasteiger partial charge in [-0.25, -0.2) is 0 Å². The van der Waals surface area contributed by atoms with E-state index in [2.05, 4.69) is 10.4 Å². The van der Waals surface area contributed by atoms with Crippen LogP contribution in [0.4, 0.5) is 5.69 Å². The molecule has 1 amide bonds. The molecule has 0 radical (unpaired) electrons. The molecule has 2 aromatic carbocycles. The lowest BCUT2D eigenvalue weighted by atomic mass is 10.1. The monoisotopic (exact) mass is 265 g/mol. The second kappa shape index (κ2) is 4.81. The molecular weight excluding hydrogens is 250 g/mol. The zero-order valence-corrected chi connectivity index (χ0v) is 11.4. The normalized spacial score (nSPS) is 10.7. The Balaban J connectivity index is 1.87. The van der Waals surface area contributed by atoms with Gasteiger partial charge < -0.3 is 5.32 Å². The molecule has 1 N–H and O–H groups in total. The maximum atomic E-state index is 12.1. The third kappa shape index (κ3) is 2.28. The van der Waals surface area contributed by atoms with Crippen LogP contribution in [-0.2, 0) is 7.05 Å². The van der Waals surface area contributed by atoms with Gasteiger partial charge in [-0.15, -0.1) is 0 Å². The topological polar surface area (TPSA) is 46.9 Å². The Kier molecular flexibility index (Phi) is 2.99. The first-order valence-electron chi connectivity index (χ1n) is 6.44. The van der Waals surface area contributed by atoms with Crippen molar-refractivity contribution in [3.8, 4) is 0 Å². The van der Waals surface area contributed by atoms with Gasteiger partial charge in [0.15, 0.2) is 5.69 Å². The largest absolute Gasteiger partial charge is 0.321 e. The first-order valence-corrected chi connectivity index (χ1v) is 6.44. The first-order chi connectivity index (χ1) is 9.63. The lowest BCUT2D eigenvalue weighted by Crippen LogP contribution is -2.12. The Hall–Kier alpha value is -2.62. The number of carbonyl (C=O) groups is 1. The van der Waals surface area contributed by atoms with Gasteiger partial charge in [0.2, 0.25) is 0 Å². The molecule has 1 aromatic heterocycles. The van der Waals surface area contributed by atoms with Gasteiger partial charge in [-0.3, -0.25) is 9.48 Å². The van der Waals surface area contributed by atoms with Crippen molar-refractivity contribution in [2.45, 2.75) is 6.92 Å². The van der Waals surface area contributed by atoms with Crippen LogP contribution in [0.1, 0.15) is 16.2 Å². The number of aromatic nitrogens is 2. The molecule has 1 heterocycles. The van der Waals surface area contributed by atoms with Crippen LogP contribution in [-0.4, -0.2) is 15.7 Å². The number of hydrogen-bond acceptors (Lipinski definition) is 2. The number of anilines is 1. The molecule has 0 saturated carbocycles. The number of nitrogens with one attached hydrogen (secondary N) is 1. The van der Waals surface area contributed by atoms with Gasteiger partial charge in [0, 0.05) is 18.4 Å². The quantitative estimate of drug-likeness (QED) is 0.773. The Morgan fingerprint density at radius 3 is 2.55 bits per heavy atom. The lowest BCUT2D eigenvalue weighted by Gasteiger charge is -2.05. The van der Waals surface area contributed by atoms with Crippen LogP contribution < -0.4 is 5.32 Å². The van der Waals surface area contributed by atoms with Gasteiger partial charge in [0.25, 0.3) is 5.91 Å². The summed E-state index contributed by atoms with van der Waals surface area (Å²) >= 11 is 0. The van der Waals surface area contributed by atoms with Gasteiger partial charge in [-0.1, -0.05) is 30.3 Å². The van der Waals surface area contributed by atoms with E-state index in [1.54, 1.807) is 10.7 Å². The smallest absolute Gasteiger partial charge is 0.276 e. The van der Waals surface area contributed by atoms with Crippen LogP contribution in [0.15, 0.2) is 48.5 Å². The van der Waals surface area contributed by atoms with Crippen molar-refractivity contribution in [1.82, 2.24) is 9.78 Å². The molecule has 20 heavy (non-hydrogen) atoms. The number of amides is 1. The zero-order valence-electron chi connectivity index (χ0n) is 11.4. The van der Waals surface area contributed by atoms with Gasteiger partial charge in [-0.2, -0.15) is 5.10 Å². The van der Waals surface area contributed by atoms with E-state index >= 15 is 0 Å². The van der Waals surface area contributed by atoms with E-state index in [0.29, 0.717) is 5.69 Å². The summed E-state index contributed by atoms with van der Waals surface area (Å²) in [7, 11) is 1.82. The van der Waals surface area contributed by atoms with Crippen molar-refractivity contribution in [2.75, 3.05) is 5.32 Å². The highest BCUT2D eigenvalue weighted by molar-refractivity contribution is 6.04. The summed E-state index contributed by atoms with van der Waals surface area (Å²) in [6.07, 6.45) is 0. The molecule has 0 bridgehead atoms. The Labute approximate surface area is 117 Å². The van der Waals surface area contributed by atoms with Crippen molar-refractivity contribution >= 4 is 22.4 Å². The fourth-order valence-corrected chi connectivity index (χ4v) is 2.13. The summed E-state index contributed by atoms with van der Waals surface area (Å²) in [4.78, 5) is 12.1. The maximum absolute atomic E-state index is 12.1. The van der Waals surface area contributed by atoms with Crippen LogP contribution in [0, 0.1) is 6.92 Å². The number of nitrogens with zero attached hydrogens (tertiary/aromatic N) is 2. The Morgan fingerprint density at radius 2 is 1.85 bits per heavy atom. The van der Waals surface area contributed by atoms with E-state index in [-0.39, 0.29) is 5.91 Å². The van der Waals surface area contributed by atoms with E-state index < -0.39 is 0 Å². The van der Waals surface area contributed by atoms with Gasteiger partial charge in [-0.05, 0) is 35.9 Å². The summed E-state index contributed by atoms with van der Waals surface area (Å²) < 4.78 is 1.69. The Bertz CT molecular complexity index is 770. The third-order valence-electron chi connectivity index (χ3n) is 3.35. The second-order valence-corrected chi connectivity index (χ2v) is 4.81. The number of carbonyl (C=O) groups excluding carboxylic acids is 1. The molecule has 0 saturated heterocycles. The minimum Gasteiger partial charge on any atom is -0.321 e. The van der Waals surface area contributed by atoms with E-state index in [1.807, 2.05) is 56.4 Å². The van der Waals surface area contributed by atoms with E-state index in [0.717, 1.165) is 22.2 Å². The van der Waals surface area contributed by atoms with Crippen LogP contribution in [0.3, 0.4) is 0 Å². The molecular formula is C16H15N3O. The van der Waals surface area contributed by atoms with Crippen molar-refractivity contribution in [3.63, 3.8) is 0 Å². The van der Waals surface area contributed by atoms with Gasteiger partial charge in [0.1, 0.15) is 0 Å². The number of hydrogen-bond donors (Lipinski definition) is 1. The van der Waals surface area contributed by atoms with Gasteiger partial charge >= 0.3 is 0 Å². The maximum Gasteiger partial charge on any atom is 0.276 e. The Morgan fingerprint density at radius 1 is 1.10 bits per heavy atom. The SMILES string of the molecule is Cc1cc(C(=O)Nc2ccc3ccccc3c2)nn1C. The van der Waals surface area contributed by atoms with E-state index in [4.69, 9.17) is 0 Å². The van der Waals surface area contributed by atoms with E-state index in [9.17, 15) is 4.79 Å². The van der Waals surface area contributed by atoms with Crippen LogP contribution >= 0.6 is 0 Å². The standard InChI is InChI=1S/C16H15N3O/c1-11-9-15(18-19(11)2)16(20)17-14-8-7-12-5-3-4-6-13(12)10-14/h3-10H,1-2H3,(H,17,20).